The number of hydroxylamine groups is 1. The highest BCUT2D eigenvalue weighted by Crippen LogP contribution is 2.05. The van der Waals surface area contributed by atoms with E-state index in [1.54, 1.807) is 7.05 Å². The van der Waals surface area contributed by atoms with Crippen LogP contribution in [0.1, 0.15) is 6.92 Å². The molecule has 64 valence electrons. The molecule has 0 saturated carbocycles. The molecule has 1 aromatic rings. The molecule has 0 aromatic heterocycles. The maximum atomic E-state index is 5.18. The van der Waals surface area contributed by atoms with Crippen LogP contribution in [0.4, 0.5) is 0 Å². The Morgan fingerprint density at radius 3 is 2.58 bits per heavy atom. The second-order valence-corrected chi connectivity index (χ2v) is 2.33. The van der Waals surface area contributed by atoms with Gasteiger partial charge in [0.15, 0.2) is 5.75 Å². The second-order valence-electron chi connectivity index (χ2n) is 2.33. The molecule has 0 aliphatic heterocycles. The van der Waals surface area contributed by atoms with E-state index in [1.807, 2.05) is 37.3 Å². The first kappa shape index (κ1) is 8.59. The summed E-state index contributed by atoms with van der Waals surface area (Å²) in [7, 11) is 1.71. The SMILES string of the molecule is CN=C(C)NOc1ccccc1. The molecular formula is C9H12N2O. The normalized spacial score (nSPS) is 11.0. The third-order valence-corrected chi connectivity index (χ3v) is 1.40. The summed E-state index contributed by atoms with van der Waals surface area (Å²) < 4.78 is 0. The fraction of sp³-hybridized carbons (Fsp3) is 0.222. The van der Waals surface area contributed by atoms with Gasteiger partial charge in [-0.05, 0) is 19.1 Å². The Balaban J connectivity index is 2.44. The summed E-state index contributed by atoms with van der Waals surface area (Å²) in [4.78, 5) is 9.06. The van der Waals surface area contributed by atoms with Gasteiger partial charge in [0.1, 0.15) is 5.84 Å². The minimum absolute atomic E-state index is 0.749. The summed E-state index contributed by atoms with van der Waals surface area (Å²) in [6.07, 6.45) is 0. The van der Waals surface area contributed by atoms with E-state index >= 15 is 0 Å². The Labute approximate surface area is 72.0 Å². The molecule has 0 saturated heterocycles. The van der Waals surface area contributed by atoms with Crippen molar-refractivity contribution in [2.45, 2.75) is 6.92 Å². The van der Waals surface area contributed by atoms with Gasteiger partial charge in [-0.3, -0.25) is 4.99 Å². The number of aliphatic imine (C=N–C) groups is 1. The summed E-state index contributed by atoms with van der Waals surface area (Å²) >= 11 is 0. The summed E-state index contributed by atoms with van der Waals surface area (Å²) in [5.74, 6) is 1.53. The van der Waals surface area contributed by atoms with Gasteiger partial charge in [-0.25, -0.2) is 5.48 Å². The number of nitrogens with zero attached hydrogens (tertiary/aromatic N) is 1. The molecule has 0 atom stereocenters. The van der Waals surface area contributed by atoms with Crippen LogP contribution in [0.2, 0.25) is 0 Å². The summed E-state index contributed by atoms with van der Waals surface area (Å²) in [5, 5.41) is 0. The molecule has 0 heterocycles. The van der Waals surface area contributed by atoms with E-state index in [4.69, 9.17) is 4.84 Å². The minimum atomic E-state index is 0.749. The Morgan fingerprint density at radius 1 is 1.33 bits per heavy atom. The number of hydrogen-bond donors (Lipinski definition) is 1. The van der Waals surface area contributed by atoms with Crippen LogP contribution >= 0.6 is 0 Å². The van der Waals surface area contributed by atoms with E-state index in [1.165, 1.54) is 0 Å². The van der Waals surface area contributed by atoms with E-state index in [2.05, 4.69) is 10.5 Å². The maximum absolute atomic E-state index is 5.18. The predicted octanol–water partition coefficient (Wildman–Crippen LogP) is 1.62. The number of hydrogen-bond acceptors (Lipinski definition) is 2. The highest BCUT2D eigenvalue weighted by molar-refractivity contribution is 5.78. The lowest BCUT2D eigenvalue weighted by Crippen LogP contribution is -2.23. The minimum Gasteiger partial charge on any atom is -0.381 e. The monoisotopic (exact) mass is 164 g/mol. The zero-order valence-electron chi connectivity index (χ0n) is 7.24. The van der Waals surface area contributed by atoms with Crippen molar-refractivity contribution in [2.75, 3.05) is 7.05 Å². The molecule has 1 rings (SSSR count). The lowest BCUT2D eigenvalue weighted by molar-refractivity contribution is 0.261. The quantitative estimate of drug-likeness (QED) is 0.409. The number of nitrogens with one attached hydrogen (secondary N) is 1. The van der Waals surface area contributed by atoms with Crippen LogP contribution in [0.25, 0.3) is 0 Å². The number of amidine groups is 1. The van der Waals surface area contributed by atoms with Gasteiger partial charge in [0.25, 0.3) is 0 Å². The zero-order chi connectivity index (χ0) is 8.81. The van der Waals surface area contributed by atoms with Crippen LogP contribution in [0.3, 0.4) is 0 Å². The van der Waals surface area contributed by atoms with Crippen molar-refractivity contribution in [3.8, 4) is 5.75 Å². The molecule has 0 spiro atoms. The highest BCUT2D eigenvalue weighted by Gasteiger charge is 1.90. The van der Waals surface area contributed by atoms with Gasteiger partial charge in [-0.2, -0.15) is 0 Å². The Kier molecular flexibility index (Phi) is 3.14. The predicted molar refractivity (Wildman–Crippen MR) is 49.2 cm³/mol. The lowest BCUT2D eigenvalue weighted by atomic mass is 10.3. The number of rotatable bonds is 2. The molecule has 0 fully saturated rings. The number of benzene rings is 1. The molecule has 0 aliphatic carbocycles. The van der Waals surface area contributed by atoms with Crippen molar-refractivity contribution in [3.05, 3.63) is 30.3 Å². The molecular weight excluding hydrogens is 152 g/mol. The maximum Gasteiger partial charge on any atom is 0.155 e. The molecule has 0 amide bonds. The zero-order valence-corrected chi connectivity index (χ0v) is 7.24. The van der Waals surface area contributed by atoms with Gasteiger partial charge in [-0.15, -0.1) is 0 Å². The fourth-order valence-corrected chi connectivity index (χ4v) is 0.667. The van der Waals surface area contributed by atoms with Gasteiger partial charge in [0, 0.05) is 7.05 Å². The van der Waals surface area contributed by atoms with E-state index in [-0.39, 0.29) is 0 Å². The standard InChI is InChI=1S/C9H12N2O/c1-8(10-2)11-12-9-6-4-3-5-7-9/h3-7H,1-2H3,(H,10,11). The van der Waals surface area contributed by atoms with Crippen LogP contribution in [0.15, 0.2) is 35.3 Å². The van der Waals surface area contributed by atoms with Gasteiger partial charge < -0.3 is 4.84 Å². The van der Waals surface area contributed by atoms with Crippen molar-refractivity contribution >= 4 is 5.84 Å². The van der Waals surface area contributed by atoms with Crippen molar-refractivity contribution in [1.29, 1.82) is 0 Å². The highest BCUT2D eigenvalue weighted by atomic mass is 16.6. The Bertz CT molecular complexity index is 256. The lowest BCUT2D eigenvalue weighted by Gasteiger charge is -2.05. The largest absolute Gasteiger partial charge is 0.381 e. The molecule has 3 heteroatoms. The van der Waals surface area contributed by atoms with E-state index < -0.39 is 0 Å². The van der Waals surface area contributed by atoms with Crippen molar-refractivity contribution in [3.63, 3.8) is 0 Å². The molecule has 0 bridgehead atoms. The first-order valence-corrected chi connectivity index (χ1v) is 3.74. The molecule has 0 unspecified atom stereocenters. The summed E-state index contributed by atoms with van der Waals surface area (Å²) in [6.45, 7) is 1.84. The van der Waals surface area contributed by atoms with Gasteiger partial charge in [0.2, 0.25) is 0 Å². The average Bonchev–Trinajstić information content (AvgIpc) is 2.16. The van der Waals surface area contributed by atoms with Crippen LogP contribution < -0.4 is 10.3 Å². The Hall–Kier alpha value is -1.51. The second kappa shape index (κ2) is 4.38. The van der Waals surface area contributed by atoms with E-state index in [0.29, 0.717) is 0 Å². The van der Waals surface area contributed by atoms with Gasteiger partial charge in [0.05, 0.1) is 0 Å². The Morgan fingerprint density at radius 2 is 2.00 bits per heavy atom. The third kappa shape index (κ3) is 2.62. The van der Waals surface area contributed by atoms with Crippen LogP contribution in [0.5, 0.6) is 5.75 Å². The molecule has 12 heavy (non-hydrogen) atoms. The van der Waals surface area contributed by atoms with Crippen molar-refractivity contribution in [1.82, 2.24) is 5.48 Å². The van der Waals surface area contributed by atoms with E-state index in [0.717, 1.165) is 11.6 Å². The molecule has 1 N–H and O–H groups in total. The first-order chi connectivity index (χ1) is 5.83. The molecule has 3 nitrogen and oxygen atoms in total. The molecule has 1 aromatic carbocycles. The van der Waals surface area contributed by atoms with Crippen molar-refractivity contribution in [2.24, 2.45) is 4.99 Å². The molecule has 0 radical (unpaired) electrons. The van der Waals surface area contributed by atoms with E-state index in [9.17, 15) is 0 Å². The van der Waals surface area contributed by atoms with Gasteiger partial charge >= 0.3 is 0 Å². The average molecular weight is 164 g/mol. The smallest absolute Gasteiger partial charge is 0.155 e. The van der Waals surface area contributed by atoms with Gasteiger partial charge in [-0.1, -0.05) is 18.2 Å². The summed E-state index contributed by atoms with van der Waals surface area (Å²) in [5.41, 5.74) is 2.70. The number of para-hydroxylation sites is 1. The fourth-order valence-electron chi connectivity index (χ4n) is 0.667. The molecule has 0 aliphatic rings. The van der Waals surface area contributed by atoms with Crippen LogP contribution in [-0.2, 0) is 0 Å². The summed E-state index contributed by atoms with van der Waals surface area (Å²) in [6, 6.07) is 9.50. The van der Waals surface area contributed by atoms with Crippen LogP contribution in [0, 0.1) is 0 Å². The first-order valence-electron chi connectivity index (χ1n) is 3.74. The van der Waals surface area contributed by atoms with Crippen LogP contribution in [-0.4, -0.2) is 12.9 Å². The third-order valence-electron chi connectivity index (χ3n) is 1.40. The topological polar surface area (TPSA) is 33.6 Å². The van der Waals surface area contributed by atoms with Crippen molar-refractivity contribution < 1.29 is 4.84 Å².